The van der Waals surface area contributed by atoms with E-state index in [1.165, 1.54) is 0 Å². The number of halogens is 2. The lowest BCUT2D eigenvalue weighted by Crippen LogP contribution is -2.67. The van der Waals surface area contributed by atoms with E-state index in [0.29, 0.717) is 18.9 Å². The van der Waals surface area contributed by atoms with Crippen LogP contribution in [-0.2, 0) is 14.3 Å². The first-order chi connectivity index (χ1) is 9.50. The summed E-state index contributed by atoms with van der Waals surface area (Å²) in [6, 6.07) is 0.709. The van der Waals surface area contributed by atoms with Gasteiger partial charge in [-0.1, -0.05) is 26.1 Å². The van der Waals surface area contributed by atoms with Gasteiger partial charge in [-0.05, 0) is 18.9 Å². The van der Waals surface area contributed by atoms with Gasteiger partial charge in [0.1, 0.15) is 0 Å². The summed E-state index contributed by atoms with van der Waals surface area (Å²) in [6.07, 6.45) is 0.331. The molecule has 122 valence electrons. The van der Waals surface area contributed by atoms with Gasteiger partial charge in [-0.15, -0.1) is 0 Å². The van der Waals surface area contributed by atoms with Crippen molar-refractivity contribution in [1.82, 2.24) is 5.32 Å². The van der Waals surface area contributed by atoms with Crippen molar-refractivity contribution in [1.29, 1.82) is 0 Å². The van der Waals surface area contributed by atoms with E-state index in [-0.39, 0.29) is 13.0 Å². The van der Waals surface area contributed by atoms with Crippen LogP contribution in [0.15, 0.2) is 0 Å². The monoisotopic (exact) mass is 321 g/mol. The van der Waals surface area contributed by atoms with Crippen LogP contribution < -0.4 is 5.32 Å². The molecule has 0 aromatic heterocycles. The maximum absolute atomic E-state index is 14.3. The van der Waals surface area contributed by atoms with Crippen molar-refractivity contribution in [3.8, 4) is 0 Å². The van der Waals surface area contributed by atoms with Crippen molar-refractivity contribution in [3.63, 3.8) is 0 Å². The Morgan fingerprint density at radius 2 is 1.76 bits per heavy atom. The van der Waals surface area contributed by atoms with Gasteiger partial charge in [-0.25, -0.2) is 13.6 Å². The van der Waals surface area contributed by atoms with Gasteiger partial charge in [0.15, 0.2) is 0 Å². The molecule has 1 amide bonds. The molecule has 0 radical (unpaired) electrons. The predicted octanol–water partition coefficient (Wildman–Crippen LogP) is 2.95. The molecule has 1 fully saturated rings. The van der Waals surface area contributed by atoms with Crippen LogP contribution in [0.25, 0.3) is 0 Å². The summed E-state index contributed by atoms with van der Waals surface area (Å²) in [6.45, 7) is 7.60. The fourth-order valence-corrected chi connectivity index (χ4v) is 3.18. The Morgan fingerprint density at radius 1 is 1.19 bits per heavy atom. The van der Waals surface area contributed by atoms with E-state index in [0.717, 1.165) is 6.92 Å². The molecule has 1 N–H and O–H groups in total. The Bertz CT molecular complexity index is 410. The molecule has 1 aliphatic carbocycles. The third kappa shape index (κ3) is 4.49. The maximum atomic E-state index is 14.3. The molecular formula is C14H25F2NO3Si. The lowest BCUT2D eigenvalue weighted by atomic mass is 9.78. The van der Waals surface area contributed by atoms with Crippen molar-refractivity contribution in [2.45, 2.75) is 69.8 Å². The van der Waals surface area contributed by atoms with Crippen LogP contribution in [0.2, 0.25) is 25.7 Å². The summed E-state index contributed by atoms with van der Waals surface area (Å²) < 4.78 is 33.7. The molecule has 1 rings (SSSR count). The average Bonchev–Trinajstić information content (AvgIpc) is 2.29. The first-order valence-corrected chi connectivity index (χ1v) is 11.0. The third-order valence-corrected chi connectivity index (χ3v) is 5.44. The second kappa shape index (κ2) is 6.42. The highest BCUT2D eigenvalue weighted by Crippen LogP contribution is 2.42. The second-order valence-electron chi connectivity index (χ2n) is 6.94. The molecule has 0 unspecified atom stereocenters. The minimum absolute atomic E-state index is 0.0780. The molecule has 1 aliphatic rings. The highest BCUT2D eigenvalue weighted by Gasteiger charge is 2.61. The number of carbonyl (C=O) groups excluding carboxylic acids is 2. The lowest BCUT2D eigenvalue weighted by molar-refractivity contribution is -0.181. The molecule has 0 spiro atoms. The number of nitrogens with one attached hydrogen (secondary N) is 1. The Hall–Kier alpha value is -0.983. The predicted molar refractivity (Wildman–Crippen MR) is 79.1 cm³/mol. The van der Waals surface area contributed by atoms with Crippen molar-refractivity contribution >= 4 is 20.0 Å². The molecule has 4 nitrogen and oxygen atoms in total. The summed E-state index contributed by atoms with van der Waals surface area (Å²) in [4.78, 5) is 23.6. The van der Waals surface area contributed by atoms with E-state index < -0.39 is 37.8 Å². The van der Waals surface area contributed by atoms with E-state index in [1.54, 1.807) is 0 Å². The molecule has 1 saturated carbocycles. The van der Waals surface area contributed by atoms with Crippen molar-refractivity contribution in [2.24, 2.45) is 0 Å². The molecule has 21 heavy (non-hydrogen) atoms. The topological polar surface area (TPSA) is 55.4 Å². The smallest absolute Gasteiger partial charge is 0.338 e. The number of rotatable bonds is 5. The SMILES string of the molecule is CC(=O)N[C@]1(C(=O)OCC[Si](C)(C)C)CCCCC1(F)F. The van der Waals surface area contributed by atoms with Crippen LogP contribution >= 0.6 is 0 Å². The molecule has 1 atom stereocenters. The lowest BCUT2D eigenvalue weighted by Gasteiger charge is -2.41. The molecular weight excluding hydrogens is 296 g/mol. The zero-order valence-electron chi connectivity index (χ0n) is 13.2. The van der Waals surface area contributed by atoms with Crippen LogP contribution in [0.3, 0.4) is 0 Å². The minimum Gasteiger partial charge on any atom is -0.464 e. The molecule has 0 aromatic carbocycles. The number of ether oxygens (including phenoxy) is 1. The summed E-state index contributed by atoms with van der Waals surface area (Å²) >= 11 is 0. The summed E-state index contributed by atoms with van der Waals surface area (Å²) in [5, 5.41) is 2.18. The van der Waals surface area contributed by atoms with Crippen LogP contribution in [-0.4, -0.2) is 38.0 Å². The molecule has 0 aliphatic heterocycles. The maximum Gasteiger partial charge on any atom is 0.338 e. The fraction of sp³-hybridized carbons (Fsp3) is 0.857. The Balaban J connectivity index is 2.86. The number of amides is 1. The first-order valence-electron chi connectivity index (χ1n) is 7.34. The Morgan fingerprint density at radius 3 is 2.24 bits per heavy atom. The zero-order chi connectivity index (χ0) is 16.3. The van der Waals surface area contributed by atoms with Gasteiger partial charge < -0.3 is 10.1 Å². The van der Waals surface area contributed by atoms with Gasteiger partial charge in [-0.3, -0.25) is 4.79 Å². The fourth-order valence-electron chi connectivity index (χ4n) is 2.46. The molecule has 0 saturated heterocycles. The molecule has 0 bridgehead atoms. The molecule has 0 aromatic rings. The number of alkyl halides is 2. The van der Waals surface area contributed by atoms with Gasteiger partial charge in [0, 0.05) is 21.4 Å². The van der Waals surface area contributed by atoms with Crippen LogP contribution in [0.1, 0.15) is 32.6 Å². The standard InChI is InChI=1S/C14H25F2NO3Si/c1-11(18)17-13(7-5-6-8-14(13,15)16)12(19)20-9-10-21(2,3)4/h5-10H2,1-4H3,(H,17,18)/t13-/m0/s1. The van der Waals surface area contributed by atoms with E-state index in [4.69, 9.17) is 4.74 Å². The number of hydrogen-bond acceptors (Lipinski definition) is 3. The van der Waals surface area contributed by atoms with Crippen LogP contribution in [0, 0.1) is 0 Å². The van der Waals surface area contributed by atoms with Gasteiger partial charge in [-0.2, -0.15) is 0 Å². The molecule has 7 heteroatoms. The van der Waals surface area contributed by atoms with Crippen molar-refractivity contribution in [2.75, 3.05) is 6.61 Å². The Kier molecular flexibility index (Phi) is 5.52. The van der Waals surface area contributed by atoms with Crippen LogP contribution in [0.4, 0.5) is 8.78 Å². The highest BCUT2D eigenvalue weighted by molar-refractivity contribution is 6.76. The van der Waals surface area contributed by atoms with Gasteiger partial charge in [0.25, 0.3) is 5.92 Å². The summed E-state index contributed by atoms with van der Waals surface area (Å²) in [5.41, 5.74) is -2.20. The Labute approximate surface area is 125 Å². The number of hydrogen-bond donors (Lipinski definition) is 1. The van der Waals surface area contributed by atoms with E-state index >= 15 is 0 Å². The van der Waals surface area contributed by atoms with E-state index in [9.17, 15) is 18.4 Å². The summed E-state index contributed by atoms with van der Waals surface area (Å²) in [7, 11) is -1.42. The minimum atomic E-state index is -3.27. The number of carbonyl (C=O) groups is 2. The third-order valence-electron chi connectivity index (χ3n) is 3.74. The quantitative estimate of drug-likeness (QED) is 0.626. The largest absolute Gasteiger partial charge is 0.464 e. The average molecular weight is 321 g/mol. The normalized spacial score (nSPS) is 25.2. The number of esters is 1. The highest BCUT2D eigenvalue weighted by atomic mass is 28.3. The summed E-state index contributed by atoms with van der Waals surface area (Å²) in [5.74, 6) is -4.91. The zero-order valence-corrected chi connectivity index (χ0v) is 14.2. The van der Waals surface area contributed by atoms with Gasteiger partial charge in [0.05, 0.1) is 6.61 Å². The molecule has 0 heterocycles. The van der Waals surface area contributed by atoms with Crippen LogP contribution in [0.5, 0.6) is 0 Å². The first kappa shape index (κ1) is 18.1. The van der Waals surface area contributed by atoms with E-state index in [2.05, 4.69) is 25.0 Å². The van der Waals surface area contributed by atoms with Gasteiger partial charge in [0.2, 0.25) is 11.4 Å². The van der Waals surface area contributed by atoms with E-state index in [1.807, 2.05) is 0 Å². The second-order valence-corrected chi connectivity index (χ2v) is 12.6. The van der Waals surface area contributed by atoms with Gasteiger partial charge >= 0.3 is 5.97 Å². The van der Waals surface area contributed by atoms with Crippen molar-refractivity contribution in [3.05, 3.63) is 0 Å². The van der Waals surface area contributed by atoms with Crippen molar-refractivity contribution < 1.29 is 23.1 Å².